The van der Waals surface area contributed by atoms with E-state index in [9.17, 15) is 9.32 Å². The van der Waals surface area contributed by atoms with Crippen LogP contribution >= 0.6 is 0 Å². The number of hydrogen-bond donors (Lipinski definition) is 2. The zero-order valence-corrected chi connectivity index (χ0v) is 10.0. The molecule has 2 atom stereocenters. The normalized spacial score (nSPS) is 22.9. The Bertz CT molecular complexity index is 375. The molecule has 4 heteroatoms. The number of hydrogen-bond acceptors (Lipinski definition) is 3. The number of para-hydroxylation sites is 1. The highest BCUT2D eigenvalue weighted by Gasteiger charge is 2.17. The van der Waals surface area contributed by atoms with Gasteiger partial charge in [-0.05, 0) is 31.5 Å². The first-order chi connectivity index (χ1) is 7.77. The van der Waals surface area contributed by atoms with E-state index in [1.165, 1.54) is 12.8 Å². The molecule has 1 aliphatic rings. The van der Waals surface area contributed by atoms with Crippen molar-refractivity contribution in [3.63, 3.8) is 0 Å². The standard InChI is InChI=1S/C12H17NO2S/c14-11-6-1-2-7-12(11)16(15)9-10-5-3-4-8-13-10/h1-2,6-7,10,13-14H,3-5,8-9H2. The van der Waals surface area contributed by atoms with Crippen LogP contribution in [0.5, 0.6) is 5.75 Å². The van der Waals surface area contributed by atoms with Gasteiger partial charge < -0.3 is 10.4 Å². The number of piperidine rings is 1. The Morgan fingerprint density at radius 2 is 2.19 bits per heavy atom. The molecular formula is C12H17NO2S. The van der Waals surface area contributed by atoms with Crippen molar-refractivity contribution in [1.82, 2.24) is 5.32 Å². The third-order valence-corrected chi connectivity index (χ3v) is 4.42. The Labute approximate surface area is 98.3 Å². The fourth-order valence-electron chi connectivity index (χ4n) is 1.99. The van der Waals surface area contributed by atoms with Gasteiger partial charge in [-0.15, -0.1) is 0 Å². The first kappa shape index (κ1) is 11.6. The molecule has 2 N–H and O–H groups in total. The summed E-state index contributed by atoms with van der Waals surface area (Å²) in [5.74, 6) is 0.731. The van der Waals surface area contributed by atoms with E-state index in [0.29, 0.717) is 16.7 Å². The van der Waals surface area contributed by atoms with E-state index in [-0.39, 0.29) is 5.75 Å². The molecule has 1 heterocycles. The monoisotopic (exact) mass is 239 g/mol. The molecular weight excluding hydrogens is 222 g/mol. The van der Waals surface area contributed by atoms with Crippen LogP contribution in [0.15, 0.2) is 29.2 Å². The maximum atomic E-state index is 12.0. The molecule has 2 unspecified atom stereocenters. The van der Waals surface area contributed by atoms with Gasteiger partial charge in [-0.3, -0.25) is 4.21 Å². The summed E-state index contributed by atoms with van der Waals surface area (Å²) >= 11 is 0. The van der Waals surface area contributed by atoms with Gasteiger partial charge in [0, 0.05) is 11.8 Å². The predicted molar refractivity (Wildman–Crippen MR) is 65.0 cm³/mol. The van der Waals surface area contributed by atoms with Crippen LogP contribution in [0.1, 0.15) is 19.3 Å². The minimum absolute atomic E-state index is 0.136. The summed E-state index contributed by atoms with van der Waals surface area (Å²) in [6.07, 6.45) is 3.49. The Morgan fingerprint density at radius 3 is 2.88 bits per heavy atom. The highest BCUT2D eigenvalue weighted by atomic mass is 32.2. The molecule has 0 bridgehead atoms. The summed E-state index contributed by atoms with van der Waals surface area (Å²) in [5, 5.41) is 13.0. The largest absolute Gasteiger partial charge is 0.507 e. The van der Waals surface area contributed by atoms with Crippen LogP contribution in [0.25, 0.3) is 0 Å². The number of nitrogens with one attached hydrogen (secondary N) is 1. The van der Waals surface area contributed by atoms with Gasteiger partial charge in [-0.2, -0.15) is 0 Å². The van der Waals surface area contributed by atoms with Crippen LogP contribution in [-0.4, -0.2) is 27.7 Å². The molecule has 1 aromatic rings. The van der Waals surface area contributed by atoms with Crippen LogP contribution in [0, 0.1) is 0 Å². The molecule has 1 saturated heterocycles. The zero-order chi connectivity index (χ0) is 11.4. The number of rotatable bonds is 3. The topological polar surface area (TPSA) is 49.3 Å². The van der Waals surface area contributed by atoms with E-state index in [1.54, 1.807) is 24.3 Å². The molecule has 0 radical (unpaired) electrons. The van der Waals surface area contributed by atoms with E-state index < -0.39 is 10.8 Å². The molecule has 3 nitrogen and oxygen atoms in total. The molecule has 0 aromatic heterocycles. The van der Waals surface area contributed by atoms with Crippen molar-refractivity contribution >= 4 is 10.8 Å². The summed E-state index contributed by atoms with van der Waals surface area (Å²) in [5.41, 5.74) is 0. The van der Waals surface area contributed by atoms with Gasteiger partial charge >= 0.3 is 0 Å². The van der Waals surface area contributed by atoms with E-state index >= 15 is 0 Å². The Balaban J connectivity index is 2.00. The fourth-order valence-corrected chi connectivity index (χ4v) is 3.35. The molecule has 1 aliphatic heterocycles. The lowest BCUT2D eigenvalue weighted by molar-refractivity contribution is 0.426. The van der Waals surface area contributed by atoms with Crippen LogP contribution < -0.4 is 5.32 Å². The second-order valence-corrected chi connectivity index (χ2v) is 5.59. The van der Waals surface area contributed by atoms with E-state index in [1.807, 2.05) is 0 Å². The average Bonchev–Trinajstić information content (AvgIpc) is 2.31. The SMILES string of the molecule is O=S(CC1CCCCN1)c1ccccc1O. The quantitative estimate of drug-likeness (QED) is 0.843. The van der Waals surface area contributed by atoms with Gasteiger partial charge in [0.15, 0.2) is 0 Å². The lowest BCUT2D eigenvalue weighted by Gasteiger charge is -2.22. The van der Waals surface area contributed by atoms with Crippen LogP contribution in [0.4, 0.5) is 0 Å². The van der Waals surface area contributed by atoms with Crippen molar-refractivity contribution in [3.8, 4) is 5.75 Å². The van der Waals surface area contributed by atoms with Crippen molar-refractivity contribution in [3.05, 3.63) is 24.3 Å². The molecule has 1 aromatic carbocycles. The van der Waals surface area contributed by atoms with E-state index in [2.05, 4.69) is 5.32 Å². The third kappa shape index (κ3) is 2.83. The van der Waals surface area contributed by atoms with Crippen molar-refractivity contribution < 1.29 is 9.32 Å². The maximum Gasteiger partial charge on any atom is 0.131 e. The summed E-state index contributed by atoms with van der Waals surface area (Å²) in [7, 11) is -1.11. The smallest absolute Gasteiger partial charge is 0.131 e. The highest BCUT2D eigenvalue weighted by Crippen LogP contribution is 2.21. The van der Waals surface area contributed by atoms with E-state index in [0.717, 1.165) is 13.0 Å². The predicted octanol–water partition coefficient (Wildman–Crippen LogP) is 1.64. The zero-order valence-electron chi connectivity index (χ0n) is 9.19. The van der Waals surface area contributed by atoms with Crippen molar-refractivity contribution in [2.45, 2.75) is 30.2 Å². The number of aromatic hydroxyl groups is 1. The first-order valence-corrected chi connectivity index (χ1v) is 6.99. The Kier molecular flexibility index (Phi) is 3.96. The van der Waals surface area contributed by atoms with Gasteiger partial charge in [0.1, 0.15) is 5.75 Å². The van der Waals surface area contributed by atoms with Crippen molar-refractivity contribution in [2.75, 3.05) is 12.3 Å². The number of phenolic OH excluding ortho intramolecular Hbond substituents is 1. The summed E-state index contributed by atoms with van der Waals surface area (Å²) in [6, 6.07) is 7.19. The second-order valence-electron chi connectivity index (χ2n) is 4.13. The van der Waals surface area contributed by atoms with Gasteiger partial charge in [-0.25, -0.2) is 0 Å². The Hall–Kier alpha value is -0.870. The van der Waals surface area contributed by atoms with Gasteiger partial charge in [0.05, 0.1) is 15.7 Å². The summed E-state index contributed by atoms with van der Waals surface area (Å²) in [6.45, 7) is 1.02. The molecule has 0 amide bonds. The lowest BCUT2D eigenvalue weighted by atomic mass is 10.1. The maximum absolute atomic E-state index is 12.0. The van der Waals surface area contributed by atoms with Crippen molar-refractivity contribution in [1.29, 1.82) is 0 Å². The van der Waals surface area contributed by atoms with Gasteiger partial charge in [0.2, 0.25) is 0 Å². The molecule has 1 fully saturated rings. The minimum Gasteiger partial charge on any atom is -0.507 e. The summed E-state index contributed by atoms with van der Waals surface area (Å²) in [4.78, 5) is 0.551. The molecule has 0 aliphatic carbocycles. The van der Waals surface area contributed by atoms with Gasteiger partial charge in [-0.1, -0.05) is 18.6 Å². The van der Waals surface area contributed by atoms with Crippen LogP contribution in [0.3, 0.4) is 0 Å². The molecule has 0 spiro atoms. The highest BCUT2D eigenvalue weighted by molar-refractivity contribution is 7.85. The number of phenols is 1. The van der Waals surface area contributed by atoms with Crippen LogP contribution in [-0.2, 0) is 10.8 Å². The Morgan fingerprint density at radius 1 is 1.38 bits per heavy atom. The second kappa shape index (κ2) is 5.46. The first-order valence-electron chi connectivity index (χ1n) is 5.67. The van der Waals surface area contributed by atoms with Gasteiger partial charge in [0.25, 0.3) is 0 Å². The summed E-state index contributed by atoms with van der Waals surface area (Å²) < 4.78 is 12.0. The molecule has 2 rings (SSSR count). The molecule has 88 valence electrons. The molecule has 16 heavy (non-hydrogen) atoms. The lowest BCUT2D eigenvalue weighted by Crippen LogP contribution is -2.38. The fraction of sp³-hybridized carbons (Fsp3) is 0.500. The van der Waals surface area contributed by atoms with Crippen LogP contribution in [0.2, 0.25) is 0 Å². The third-order valence-electron chi connectivity index (χ3n) is 2.88. The average molecular weight is 239 g/mol. The number of benzene rings is 1. The van der Waals surface area contributed by atoms with E-state index in [4.69, 9.17) is 0 Å². The molecule has 0 saturated carbocycles. The minimum atomic E-state index is -1.11. The van der Waals surface area contributed by atoms with Crippen molar-refractivity contribution in [2.24, 2.45) is 0 Å².